The monoisotopic (exact) mass is 684 g/mol. The fourth-order valence-electron chi connectivity index (χ4n) is 5.31. The topological polar surface area (TPSA) is 75.7 Å². The Hall–Kier alpha value is -4.16. The van der Waals surface area contributed by atoms with Crippen LogP contribution in [0.4, 0.5) is 0 Å². The molecule has 1 aliphatic heterocycles. The molecular weight excluding hydrogens is 632 g/mol. The third-order valence-corrected chi connectivity index (χ3v) is 8.50. The largest absolute Gasteiger partial charge is 0.478 e. The van der Waals surface area contributed by atoms with Crippen molar-refractivity contribution in [3.8, 4) is 5.75 Å². The van der Waals surface area contributed by atoms with Crippen LogP contribution in [-0.4, -0.2) is 47.2 Å². The molecule has 262 valence electrons. The first-order chi connectivity index (χ1) is 23.7. The maximum absolute atomic E-state index is 13.1. The lowest BCUT2D eigenvalue weighted by molar-refractivity contribution is -0.136. The van der Waals surface area contributed by atoms with Crippen LogP contribution in [0.25, 0.3) is 0 Å². The zero-order valence-electron chi connectivity index (χ0n) is 29.4. The molecule has 0 unspecified atom stereocenters. The van der Waals surface area contributed by atoms with E-state index < -0.39 is 5.60 Å². The fourth-order valence-corrected chi connectivity index (χ4v) is 5.44. The second kappa shape index (κ2) is 21.7. The molecule has 49 heavy (non-hydrogen) atoms. The number of ketones is 1. The van der Waals surface area contributed by atoms with Gasteiger partial charge in [-0.2, -0.15) is 0 Å². The molecule has 0 aromatic heterocycles. The number of benzene rings is 2. The molecule has 0 saturated carbocycles. The third-order valence-electron chi connectivity index (χ3n) is 8.24. The Bertz CT molecular complexity index is 1460. The van der Waals surface area contributed by atoms with Crippen molar-refractivity contribution in [3.05, 3.63) is 125 Å². The lowest BCUT2D eigenvalue weighted by Gasteiger charge is -2.34. The molecule has 1 N–H and O–H groups in total. The molecule has 0 aliphatic carbocycles. The van der Waals surface area contributed by atoms with E-state index in [1.165, 1.54) is 0 Å². The summed E-state index contributed by atoms with van der Waals surface area (Å²) in [5.74, 6) is 0.350. The number of amides is 2. The number of hydrogen-bond donors (Lipinski definition) is 1. The van der Waals surface area contributed by atoms with Crippen molar-refractivity contribution in [2.45, 2.75) is 96.6 Å². The maximum Gasteiger partial charge on any atom is 0.263 e. The molecule has 1 heterocycles. The number of halogens is 1. The van der Waals surface area contributed by atoms with E-state index in [1.807, 2.05) is 4.90 Å². The Balaban J connectivity index is 1.27. The standard InChI is InChI=1S/C42H53ClN2O4/c1-4-5-6-7-8-9-10-11-12-13-14-15-16-17-18-19-20-21-39(46)45-32-30-37(31-33-45)44-41(48)42(2,3)49-38-28-24-35(25-29-38)40(47)34-22-26-36(43)27-23-34/h5-6,8-9,11-12,14-15,17-18,22-29,37H,4,7,10,13,16,19-21,30-33H2,1-3H3,(H,44,48)/b6-5-,9-8-,12-11-,15-14-,18-17-. The predicted octanol–water partition coefficient (Wildman–Crippen LogP) is 9.76. The van der Waals surface area contributed by atoms with Gasteiger partial charge in [0.2, 0.25) is 5.91 Å². The number of hydrogen-bond acceptors (Lipinski definition) is 4. The summed E-state index contributed by atoms with van der Waals surface area (Å²) in [5.41, 5.74) is -0.0442. The summed E-state index contributed by atoms with van der Waals surface area (Å²) in [7, 11) is 0. The molecule has 1 aliphatic rings. The Morgan fingerprint density at radius 3 is 1.80 bits per heavy atom. The summed E-state index contributed by atoms with van der Waals surface area (Å²) in [4.78, 5) is 40.5. The van der Waals surface area contributed by atoms with E-state index in [0.29, 0.717) is 54.3 Å². The van der Waals surface area contributed by atoms with Crippen molar-refractivity contribution >= 4 is 29.2 Å². The summed E-state index contributed by atoms with van der Waals surface area (Å²) >= 11 is 5.93. The third kappa shape index (κ3) is 14.9. The SMILES string of the molecule is CC/C=C\C/C=C\C/C=C\C/C=C\C/C=C\CCCC(=O)N1CCC(NC(=O)C(C)(C)Oc2ccc(C(=O)c3ccc(Cl)cc3)cc2)CC1. The first-order valence-electron chi connectivity index (χ1n) is 17.6. The van der Waals surface area contributed by atoms with Crippen molar-refractivity contribution in [3.63, 3.8) is 0 Å². The van der Waals surface area contributed by atoms with Gasteiger partial charge in [0.15, 0.2) is 11.4 Å². The predicted molar refractivity (Wildman–Crippen MR) is 202 cm³/mol. The Labute approximate surface area is 298 Å². The fraction of sp³-hybridized carbons (Fsp3) is 0.405. The first-order valence-corrected chi connectivity index (χ1v) is 18.0. The van der Waals surface area contributed by atoms with Gasteiger partial charge in [-0.15, -0.1) is 0 Å². The van der Waals surface area contributed by atoms with Crippen LogP contribution in [-0.2, 0) is 9.59 Å². The van der Waals surface area contributed by atoms with E-state index >= 15 is 0 Å². The van der Waals surface area contributed by atoms with Crippen molar-refractivity contribution < 1.29 is 19.1 Å². The molecule has 0 atom stereocenters. The molecule has 0 spiro atoms. The van der Waals surface area contributed by atoms with Gasteiger partial charge >= 0.3 is 0 Å². The molecule has 1 saturated heterocycles. The number of piperidine rings is 1. The average Bonchev–Trinajstić information content (AvgIpc) is 3.10. The first kappa shape index (κ1) is 39.3. The molecule has 2 amide bonds. The van der Waals surface area contributed by atoms with Crippen LogP contribution in [0.5, 0.6) is 5.75 Å². The summed E-state index contributed by atoms with van der Waals surface area (Å²) in [6.07, 6.45) is 30.5. The molecule has 7 heteroatoms. The van der Waals surface area contributed by atoms with Crippen LogP contribution in [0.1, 0.15) is 101 Å². The lowest BCUT2D eigenvalue weighted by Crippen LogP contribution is -2.53. The second-order valence-electron chi connectivity index (χ2n) is 12.7. The highest BCUT2D eigenvalue weighted by Crippen LogP contribution is 2.22. The Morgan fingerprint density at radius 2 is 1.27 bits per heavy atom. The maximum atomic E-state index is 13.1. The van der Waals surface area contributed by atoms with Gasteiger partial charge in [0.25, 0.3) is 5.91 Å². The highest BCUT2D eigenvalue weighted by atomic mass is 35.5. The number of ether oxygens (including phenoxy) is 1. The van der Waals surface area contributed by atoms with Crippen molar-refractivity contribution in [2.24, 2.45) is 0 Å². The van der Waals surface area contributed by atoms with Gasteiger partial charge in [-0.3, -0.25) is 14.4 Å². The van der Waals surface area contributed by atoms with Crippen LogP contribution in [0.2, 0.25) is 5.02 Å². The molecule has 1 fully saturated rings. The number of unbranched alkanes of at least 4 members (excludes halogenated alkanes) is 1. The molecule has 0 bridgehead atoms. The van der Waals surface area contributed by atoms with Crippen LogP contribution in [0.15, 0.2) is 109 Å². The zero-order chi connectivity index (χ0) is 35.3. The molecule has 2 aromatic carbocycles. The minimum absolute atomic E-state index is 0.0138. The van der Waals surface area contributed by atoms with Gasteiger partial charge in [-0.1, -0.05) is 79.3 Å². The van der Waals surface area contributed by atoms with Crippen LogP contribution in [0, 0.1) is 0 Å². The summed E-state index contributed by atoms with van der Waals surface area (Å²) in [6, 6.07) is 13.5. The van der Waals surface area contributed by atoms with E-state index in [0.717, 1.165) is 44.9 Å². The Kier molecular flexibility index (Phi) is 17.4. The van der Waals surface area contributed by atoms with Crippen molar-refractivity contribution in [2.75, 3.05) is 13.1 Å². The van der Waals surface area contributed by atoms with Crippen molar-refractivity contribution in [1.82, 2.24) is 10.2 Å². The van der Waals surface area contributed by atoms with Crippen LogP contribution < -0.4 is 10.1 Å². The normalized spacial score (nSPS) is 14.6. The average molecular weight is 685 g/mol. The minimum Gasteiger partial charge on any atom is -0.478 e. The van der Waals surface area contributed by atoms with Gasteiger partial charge in [-0.25, -0.2) is 0 Å². The van der Waals surface area contributed by atoms with Gasteiger partial charge in [0.1, 0.15) is 5.75 Å². The van der Waals surface area contributed by atoms with Gasteiger partial charge < -0.3 is 15.0 Å². The van der Waals surface area contributed by atoms with Crippen LogP contribution >= 0.6 is 11.6 Å². The minimum atomic E-state index is -1.11. The zero-order valence-corrected chi connectivity index (χ0v) is 30.2. The smallest absolute Gasteiger partial charge is 0.263 e. The summed E-state index contributed by atoms with van der Waals surface area (Å²) in [6.45, 7) is 6.87. The van der Waals surface area contributed by atoms with E-state index in [1.54, 1.807) is 62.4 Å². The molecule has 3 rings (SSSR count). The molecule has 6 nitrogen and oxygen atoms in total. The second-order valence-corrected chi connectivity index (χ2v) is 13.1. The number of nitrogens with one attached hydrogen (secondary N) is 1. The van der Waals surface area contributed by atoms with E-state index in [9.17, 15) is 14.4 Å². The summed E-state index contributed by atoms with van der Waals surface area (Å²) in [5, 5.41) is 3.68. The van der Waals surface area contributed by atoms with Crippen molar-refractivity contribution in [1.29, 1.82) is 0 Å². The Morgan fingerprint density at radius 1 is 0.776 bits per heavy atom. The number of rotatable bonds is 19. The van der Waals surface area contributed by atoms with Crippen LogP contribution in [0.3, 0.4) is 0 Å². The number of likely N-dealkylation sites (tertiary alicyclic amines) is 1. The number of carbonyl (C=O) groups excluding carboxylic acids is 3. The molecular formula is C42H53ClN2O4. The number of carbonyl (C=O) groups is 3. The molecule has 2 aromatic rings. The van der Waals surface area contributed by atoms with Gasteiger partial charge in [0.05, 0.1) is 0 Å². The number of allylic oxidation sites excluding steroid dienone is 10. The van der Waals surface area contributed by atoms with Gasteiger partial charge in [0, 0.05) is 41.7 Å². The van der Waals surface area contributed by atoms with E-state index in [-0.39, 0.29) is 23.6 Å². The number of nitrogens with zero attached hydrogens (tertiary/aromatic N) is 1. The quantitative estimate of drug-likeness (QED) is 0.0908. The molecule has 0 radical (unpaired) electrons. The lowest BCUT2D eigenvalue weighted by atomic mass is 10.0. The highest BCUT2D eigenvalue weighted by Gasteiger charge is 2.33. The summed E-state index contributed by atoms with van der Waals surface area (Å²) < 4.78 is 6.02. The van der Waals surface area contributed by atoms with E-state index in [2.05, 4.69) is 73.0 Å². The van der Waals surface area contributed by atoms with Gasteiger partial charge in [-0.05, 0) is 120 Å². The highest BCUT2D eigenvalue weighted by molar-refractivity contribution is 6.30. The van der Waals surface area contributed by atoms with E-state index in [4.69, 9.17) is 16.3 Å².